The van der Waals surface area contributed by atoms with Gasteiger partial charge in [0.15, 0.2) is 0 Å². The van der Waals surface area contributed by atoms with Crippen molar-refractivity contribution in [2.45, 2.75) is 12.7 Å². The number of hydrogen-bond acceptors (Lipinski definition) is 4. The average molecular weight is 119 g/mol. The molecule has 0 aliphatic rings. The van der Waals surface area contributed by atoms with Crippen LogP contribution in [0.25, 0.3) is 0 Å². The maximum absolute atomic E-state index is 8.53. The summed E-state index contributed by atoms with van der Waals surface area (Å²) >= 11 is 0. The molecule has 0 saturated carbocycles. The molecule has 1 unspecified atom stereocenters. The summed E-state index contributed by atoms with van der Waals surface area (Å²) in [4.78, 5) is 4.19. The molecule has 4 nitrogen and oxygen atoms in total. The summed E-state index contributed by atoms with van der Waals surface area (Å²) in [5.74, 6) is 0. The van der Waals surface area contributed by atoms with Gasteiger partial charge in [-0.2, -0.15) is 0 Å². The van der Waals surface area contributed by atoms with Gasteiger partial charge >= 0.3 is 0 Å². The van der Waals surface area contributed by atoms with E-state index in [2.05, 4.69) is 16.7 Å². The molecule has 0 bridgehead atoms. The third-order valence-electron chi connectivity index (χ3n) is 0.572. The summed E-state index contributed by atoms with van der Waals surface area (Å²) in [6.45, 7) is 2.85. The lowest BCUT2D eigenvalue weighted by atomic mass is 10.4. The highest BCUT2D eigenvalue weighted by Gasteiger charge is 1.99. The van der Waals surface area contributed by atoms with Crippen molar-refractivity contribution in [2.24, 2.45) is 5.16 Å². The Labute approximate surface area is 47.4 Å². The Bertz CT molecular complexity index is 66.3. The summed E-state index contributed by atoms with van der Waals surface area (Å²) in [6.07, 6.45) is -0.851. The van der Waals surface area contributed by atoms with Crippen molar-refractivity contribution in [2.75, 3.05) is 6.61 Å². The molecule has 0 aliphatic heterocycles. The Morgan fingerprint density at radius 1 is 1.75 bits per heavy atom. The summed E-state index contributed by atoms with van der Waals surface area (Å²) < 4.78 is 0. The molecule has 0 aliphatic carbocycles. The first-order valence-electron chi connectivity index (χ1n) is 2.22. The van der Waals surface area contributed by atoms with E-state index in [0.717, 1.165) is 0 Å². The van der Waals surface area contributed by atoms with E-state index in [1.165, 1.54) is 0 Å². The minimum absolute atomic E-state index is 0.114. The van der Waals surface area contributed by atoms with Gasteiger partial charge in [0.1, 0.15) is 0 Å². The second-order valence-corrected chi connectivity index (χ2v) is 1.20. The predicted molar refractivity (Wildman–Crippen MR) is 28.3 cm³/mol. The van der Waals surface area contributed by atoms with Crippen LogP contribution in [0.3, 0.4) is 0 Å². The molecular formula is C4H9NO3. The first kappa shape index (κ1) is 7.39. The van der Waals surface area contributed by atoms with Crippen molar-refractivity contribution in [3.8, 4) is 0 Å². The number of hydrogen-bond donors (Lipinski definition) is 2. The molecule has 8 heavy (non-hydrogen) atoms. The summed E-state index contributed by atoms with van der Waals surface area (Å²) in [5.41, 5.74) is 0. The second kappa shape index (κ2) is 4.55. The van der Waals surface area contributed by atoms with Gasteiger partial charge in [0.05, 0.1) is 0 Å². The zero-order chi connectivity index (χ0) is 6.41. The molecular weight excluding hydrogens is 110 g/mol. The van der Waals surface area contributed by atoms with Gasteiger partial charge in [-0.25, -0.2) is 0 Å². The minimum Gasteiger partial charge on any atom is -0.396 e. The fourth-order valence-corrected chi connectivity index (χ4v) is 0.249. The molecule has 0 aromatic rings. The maximum atomic E-state index is 8.53. The third-order valence-corrected chi connectivity index (χ3v) is 0.572. The normalized spacial score (nSPS) is 12.8. The van der Waals surface area contributed by atoms with Crippen molar-refractivity contribution in [3.63, 3.8) is 0 Å². The zero-order valence-electron chi connectivity index (χ0n) is 4.45. The van der Waals surface area contributed by atoms with Crippen molar-refractivity contribution < 1.29 is 15.1 Å². The molecule has 0 amide bonds. The van der Waals surface area contributed by atoms with Gasteiger partial charge in [0, 0.05) is 19.7 Å². The van der Waals surface area contributed by atoms with Gasteiger partial charge in [0.25, 0.3) is 0 Å². The van der Waals surface area contributed by atoms with Crippen LogP contribution in [0.1, 0.15) is 6.42 Å². The lowest BCUT2D eigenvalue weighted by molar-refractivity contribution is -0.107. The molecule has 0 radical (unpaired) electrons. The van der Waals surface area contributed by atoms with Gasteiger partial charge in [-0.3, -0.25) is 0 Å². The highest BCUT2D eigenvalue weighted by atomic mass is 16.7. The minimum atomic E-state index is -1.02. The lowest BCUT2D eigenvalue weighted by Gasteiger charge is -2.03. The summed E-state index contributed by atoms with van der Waals surface area (Å²) in [7, 11) is 0. The van der Waals surface area contributed by atoms with Crippen molar-refractivity contribution in [1.29, 1.82) is 0 Å². The largest absolute Gasteiger partial charge is 0.396 e. The fraction of sp³-hybridized carbons (Fsp3) is 0.750. The van der Waals surface area contributed by atoms with E-state index < -0.39 is 6.29 Å². The highest BCUT2D eigenvalue weighted by Crippen LogP contribution is 1.90. The zero-order valence-corrected chi connectivity index (χ0v) is 4.45. The number of aliphatic hydroxyl groups excluding tert-OH is 2. The number of aliphatic hydroxyl groups is 2. The molecule has 0 heterocycles. The smallest absolute Gasteiger partial charge is 0.226 e. The van der Waals surface area contributed by atoms with Gasteiger partial charge in [-0.15, -0.1) is 0 Å². The van der Waals surface area contributed by atoms with Crippen LogP contribution in [0.2, 0.25) is 0 Å². The summed E-state index contributed by atoms with van der Waals surface area (Å²) in [6, 6.07) is 0. The van der Waals surface area contributed by atoms with Crippen LogP contribution in [-0.4, -0.2) is 29.8 Å². The first-order valence-corrected chi connectivity index (χ1v) is 2.22. The Morgan fingerprint density at radius 2 is 2.38 bits per heavy atom. The van der Waals surface area contributed by atoms with Gasteiger partial charge in [-0.05, 0) is 0 Å². The van der Waals surface area contributed by atoms with Crippen molar-refractivity contribution in [3.05, 3.63) is 0 Å². The van der Waals surface area contributed by atoms with E-state index in [0.29, 0.717) is 0 Å². The molecule has 0 spiro atoms. The van der Waals surface area contributed by atoms with Crippen LogP contribution in [0.15, 0.2) is 5.16 Å². The molecule has 2 N–H and O–H groups in total. The van der Waals surface area contributed by atoms with Crippen LogP contribution < -0.4 is 0 Å². The van der Waals surface area contributed by atoms with Gasteiger partial charge in [0.2, 0.25) is 6.29 Å². The van der Waals surface area contributed by atoms with Crippen LogP contribution >= 0.6 is 0 Å². The third kappa shape index (κ3) is 3.58. The Balaban J connectivity index is 3.03. The molecule has 0 rings (SSSR count). The maximum Gasteiger partial charge on any atom is 0.226 e. The number of nitrogens with zero attached hydrogens (tertiary/aromatic N) is 1. The first-order chi connectivity index (χ1) is 3.81. The molecule has 0 aromatic carbocycles. The van der Waals surface area contributed by atoms with E-state index in [9.17, 15) is 0 Å². The Morgan fingerprint density at radius 3 is 2.75 bits per heavy atom. The van der Waals surface area contributed by atoms with Crippen LogP contribution in [-0.2, 0) is 4.84 Å². The standard InChI is InChI=1S/C4H9NO3/c1-5-8-4(7)2-3-6/h4,6-7H,1-3H2. The Kier molecular flexibility index (Phi) is 4.20. The monoisotopic (exact) mass is 119 g/mol. The molecule has 1 atom stereocenters. The average Bonchev–Trinajstić information content (AvgIpc) is 1.68. The van der Waals surface area contributed by atoms with E-state index in [4.69, 9.17) is 10.2 Å². The molecule has 48 valence electrons. The van der Waals surface area contributed by atoms with Crippen molar-refractivity contribution in [1.82, 2.24) is 0 Å². The molecule has 4 heteroatoms. The molecule has 0 fully saturated rings. The summed E-state index contributed by atoms with van der Waals surface area (Å²) in [5, 5.41) is 19.6. The molecule has 0 saturated heterocycles. The molecule has 0 aromatic heterocycles. The second-order valence-electron chi connectivity index (χ2n) is 1.20. The van der Waals surface area contributed by atoms with Gasteiger partial charge < -0.3 is 15.1 Å². The quantitative estimate of drug-likeness (QED) is 0.293. The number of rotatable bonds is 4. The van der Waals surface area contributed by atoms with Crippen LogP contribution in [0.5, 0.6) is 0 Å². The SMILES string of the molecule is C=NOC(O)CCO. The lowest BCUT2D eigenvalue weighted by Crippen LogP contribution is -2.09. The fourth-order valence-electron chi connectivity index (χ4n) is 0.249. The number of oxime groups is 1. The van der Waals surface area contributed by atoms with E-state index in [1.54, 1.807) is 0 Å². The van der Waals surface area contributed by atoms with Crippen LogP contribution in [0, 0.1) is 0 Å². The highest BCUT2D eigenvalue weighted by molar-refractivity contribution is 5.21. The Hall–Kier alpha value is -0.610. The van der Waals surface area contributed by atoms with E-state index >= 15 is 0 Å². The predicted octanol–water partition coefficient (Wildman–Crippen LogP) is -0.681. The van der Waals surface area contributed by atoms with Crippen LogP contribution in [0.4, 0.5) is 0 Å². The van der Waals surface area contributed by atoms with Crippen molar-refractivity contribution >= 4 is 6.72 Å². The topological polar surface area (TPSA) is 62.0 Å². The van der Waals surface area contributed by atoms with Gasteiger partial charge in [-0.1, -0.05) is 5.16 Å². The van der Waals surface area contributed by atoms with E-state index in [1.807, 2.05) is 0 Å². The van der Waals surface area contributed by atoms with E-state index in [-0.39, 0.29) is 13.0 Å².